The Hall–Kier alpha value is -1.18. The molecule has 0 saturated heterocycles. The van der Waals surface area contributed by atoms with Crippen LogP contribution in [0.2, 0.25) is 0 Å². The maximum atomic E-state index is 13.4. The Balaban J connectivity index is 1.46. The molecule has 1 aromatic rings. The third kappa shape index (κ3) is 4.46. The fraction of sp³-hybridized carbons (Fsp3) is 0.636. The van der Waals surface area contributed by atoms with Crippen LogP contribution in [0.4, 0.5) is 8.78 Å². The molecular formula is C22H30F2. The van der Waals surface area contributed by atoms with Crippen molar-refractivity contribution in [3.8, 4) is 0 Å². The fourth-order valence-corrected chi connectivity index (χ4v) is 4.51. The first kappa shape index (κ1) is 17.6. The van der Waals surface area contributed by atoms with Crippen molar-refractivity contribution < 1.29 is 8.78 Å². The zero-order valence-corrected chi connectivity index (χ0v) is 14.9. The SMILES string of the molecule is CCC1CCC(CCC2CC=C(c3ccc(F)c(F)c3)CC2)CC1. The molecule has 1 fully saturated rings. The molecule has 0 spiro atoms. The molecule has 2 aliphatic carbocycles. The largest absolute Gasteiger partial charge is 0.204 e. The van der Waals surface area contributed by atoms with Crippen molar-refractivity contribution in [2.24, 2.45) is 17.8 Å². The molecule has 0 heterocycles. The van der Waals surface area contributed by atoms with Gasteiger partial charge in [0.2, 0.25) is 0 Å². The first-order valence-electron chi connectivity index (χ1n) is 9.80. The molecule has 1 atom stereocenters. The molecule has 0 N–H and O–H groups in total. The highest BCUT2D eigenvalue weighted by Crippen LogP contribution is 2.37. The highest BCUT2D eigenvalue weighted by Gasteiger charge is 2.22. The Kier molecular flexibility index (Phi) is 6.08. The minimum absolute atomic E-state index is 0.738. The fourth-order valence-electron chi connectivity index (χ4n) is 4.51. The maximum Gasteiger partial charge on any atom is 0.159 e. The van der Waals surface area contributed by atoms with Crippen molar-refractivity contribution >= 4 is 5.57 Å². The summed E-state index contributed by atoms with van der Waals surface area (Å²) in [6, 6.07) is 4.29. The molecule has 2 heteroatoms. The summed E-state index contributed by atoms with van der Waals surface area (Å²) in [6.07, 6.45) is 15.4. The molecule has 0 radical (unpaired) electrons. The normalized spacial score (nSPS) is 27.8. The van der Waals surface area contributed by atoms with Crippen LogP contribution in [0, 0.1) is 29.4 Å². The van der Waals surface area contributed by atoms with E-state index in [9.17, 15) is 8.78 Å². The minimum atomic E-state index is -0.758. The zero-order chi connectivity index (χ0) is 16.9. The Morgan fingerprint density at radius 2 is 1.58 bits per heavy atom. The molecule has 1 aromatic carbocycles. The predicted octanol–water partition coefficient (Wildman–Crippen LogP) is 7.14. The van der Waals surface area contributed by atoms with Gasteiger partial charge < -0.3 is 0 Å². The van der Waals surface area contributed by atoms with Crippen LogP contribution < -0.4 is 0 Å². The highest BCUT2D eigenvalue weighted by molar-refractivity contribution is 5.66. The molecule has 2 aliphatic rings. The van der Waals surface area contributed by atoms with Crippen LogP contribution in [0.5, 0.6) is 0 Å². The van der Waals surface area contributed by atoms with Crippen molar-refractivity contribution in [3.05, 3.63) is 41.5 Å². The van der Waals surface area contributed by atoms with Gasteiger partial charge >= 0.3 is 0 Å². The minimum Gasteiger partial charge on any atom is -0.204 e. The van der Waals surface area contributed by atoms with Crippen molar-refractivity contribution in [2.45, 2.75) is 71.1 Å². The van der Waals surface area contributed by atoms with Crippen LogP contribution in [-0.2, 0) is 0 Å². The van der Waals surface area contributed by atoms with E-state index in [2.05, 4.69) is 13.0 Å². The van der Waals surface area contributed by atoms with Crippen LogP contribution in [0.1, 0.15) is 76.7 Å². The van der Waals surface area contributed by atoms with Crippen molar-refractivity contribution in [3.63, 3.8) is 0 Å². The molecular weight excluding hydrogens is 302 g/mol. The summed E-state index contributed by atoms with van der Waals surface area (Å²) in [7, 11) is 0. The molecule has 0 amide bonds. The Labute approximate surface area is 145 Å². The molecule has 1 unspecified atom stereocenters. The quantitative estimate of drug-likeness (QED) is 0.537. The Bertz CT molecular complexity index is 567. The van der Waals surface area contributed by atoms with E-state index in [1.54, 1.807) is 6.07 Å². The van der Waals surface area contributed by atoms with Crippen molar-refractivity contribution in [1.29, 1.82) is 0 Å². The van der Waals surface area contributed by atoms with Gasteiger partial charge in [-0.05, 0) is 66.7 Å². The zero-order valence-electron chi connectivity index (χ0n) is 14.9. The molecule has 132 valence electrons. The van der Waals surface area contributed by atoms with Gasteiger partial charge in [0.05, 0.1) is 0 Å². The van der Waals surface area contributed by atoms with Gasteiger partial charge in [0.15, 0.2) is 11.6 Å². The summed E-state index contributed by atoms with van der Waals surface area (Å²) < 4.78 is 26.4. The lowest BCUT2D eigenvalue weighted by atomic mass is 9.76. The monoisotopic (exact) mass is 332 g/mol. The number of halogens is 2. The van der Waals surface area contributed by atoms with E-state index in [0.717, 1.165) is 36.2 Å². The average Bonchev–Trinajstić information content (AvgIpc) is 2.63. The molecule has 0 nitrogen and oxygen atoms in total. The molecule has 24 heavy (non-hydrogen) atoms. The van der Waals surface area contributed by atoms with E-state index >= 15 is 0 Å². The first-order chi connectivity index (χ1) is 11.7. The highest BCUT2D eigenvalue weighted by atomic mass is 19.2. The second kappa shape index (κ2) is 8.27. The van der Waals surface area contributed by atoms with Crippen LogP contribution in [0.25, 0.3) is 5.57 Å². The second-order valence-corrected chi connectivity index (χ2v) is 7.87. The number of hydrogen-bond donors (Lipinski definition) is 0. The molecule has 3 rings (SSSR count). The summed E-state index contributed by atoms with van der Waals surface area (Å²) in [5.74, 6) is 1.22. The third-order valence-electron chi connectivity index (χ3n) is 6.34. The first-order valence-corrected chi connectivity index (χ1v) is 9.80. The van der Waals surface area contributed by atoms with E-state index in [1.807, 2.05) is 0 Å². The summed E-state index contributed by atoms with van der Waals surface area (Å²) in [6.45, 7) is 2.32. The second-order valence-electron chi connectivity index (χ2n) is 7.87. The van der Waals surface area contributed by atoms with Crippen LogP contribution in [0.15, 0.2) is 24.3 Å². The summed E-state index contributed by atoms with van der Waals surface area (Å²) in [5, 5.41) is 0. The number of hydrogen-bond acceptors (Lipinski definition) is 0. The van der Waals surface area contributed by atoms with Gasteiger partial charge in [0.25, 0.3) is 0 Å². The van der Waals surface area contributed by atoms with Crippen LogP contribution >= 0.6 is 0 Å². The lowest BCUT2D eigenvalue weighted by Gasteiger charge is -2.29. The van der Waals surface area contributed by atoms with Gasteiger partial charge in [-0.2, -0.15) is 0 Å². The van der Waals surface area contributed by atoms with Crippen LogP contribution in [-0.4, -0.2) is 0 Å². The van der Waals surface area contributed by atoms with Crippen molar-refractivity contribution in [2.75, 3.05) is 0 Å². The van der Waals surface area contributed by atoms with E-state index in [-0.39, 0.29) is 0 Å². The molecule has 0 bridgehead atoms. The number of rotatable bonds is 5. The standard InChI is InChI=1S/C22H30F2/c1-2-16-3-5-17(6-4-16)7-8-18-9-11-19(12-10-18)20-13-14-21(23)22(24)15-20/h11,13-18H,2-10,12H2,1H3. The van der Waals surface area contributed by atoms with Gasteiger partial charge in [-0.1, -0.05) is 57.6 Å². The third-order valence-corrected chi connectivity index (χ3v) is 6.34. The summed E-state index contributed by atoms with van der Waals surface area (Å²) in [5.41, 5.74) is 2.04. The van der Waals surface area contributed by atoms with Crippen molar-refractivity contribution in [1.82, 2.24) is 0 Å². The summed E-state index contributed by atoms with van der Waals surface area (Å²) in [4.78, 5) is 0. The predicted molar refractivity (Wildman–Crippen MR) is 96.6 cm³/mol. The van der Waals surface area contributed by atoms with E-state index < -0.39 is 11.6 Å². The van der Waals surface area contributed by atoms with E-state index in [4.69, 9.17) is 0 Å². The van der Waals surface area contributed by atoms with Gasteiger partial charge in [-0.25, -0.2) is 8.78 Å². The van der Waals surface area contributed by atoms with Gasteiger partial charge in [0, 0.05) is 0 Å². The van der Waals surface area contributed by atoms with Gasteiger partial charge in [0.1, 0.15) is 0 Å². The smallest absolute Gasteiger partial charge is 0.159 e. The Morgan fingerprint density at radius 3 is 2.21 bits per heavy atom. The van der Waals surface area contributed by atoms with E-state index in [0.29, 0.717) is 0 Å². The topological polar surface area (TPSA) is 0 Å². The van der Waals surface area contributed by atoms with E-state index in [1.165, 1.54) is 69.1 Å². The molecule has 1 saturated carbocycles. The Morgan fingerprint density at radius 1 is 0.875 bits per heavy atom. The van der Waals surface area contributed by atoms with Crippen LogP contribution in [0.3, 0.4) is 0 Å². The molecule has 0 aromatic heterocycles. The summed E-state index contributed by atoms with van der Waals surface area (Å²) >= 11 is 0. The number of allylic oxidation sites excluding steroid dienone is 2. The van der Waals surface area contributed by atoms with Gasteiger partial charge in [-0.15, -0.1) is 0 Å². The average molecular weight is 332 g/mol. The molecule has 0 aliphatic heterocycles. The number of benzene rings is 1. The lowest BCUT2D eigenvalue weighted by molar-refractivity contribution is 0.242. The lowest BCUT2D eigenvalue weighted by Crippen LogP contribution is -2.15. The maximum absolute atomic E-state index is 13.4. The van der Waals surface area contributed by atoms with Gasteiger partial charge in [-0.3, -0.25) is 0 Å².